The maximum atomic E-state index is 12.3. The Bertz CT molecular complexity index is 714. The number of amides is 1. The van der Waals surface area contributed by atoms with E-state index in [9.17, 15) is 4.79 Å². The van der Waals surface area contributed by atoms with Gasteiger partial charge in [0.15, 0.2) is 11.5 Å². The fraction of sp³-hybridized carbons (Fsp3) is 0.316. The van der Waals surface area contributed by atoms with Gasteiger partial charge >= 0.3 is 0 Å². The van der Waals surface area contributed by atoms with Gasteiger partial charge in [-0.3, -0.25) is 4.79 Å². The van der Waals surface area contributed by atoms with Crippen molar-refractivity contribution in [2.24, 2.45) is 0 Å². The Hall–Kier alpha value is -2.89. The van der Waals surface area contributed by atoms with Gasteiger partial charge in [0, 0.05) is 23.5 Å². The van der Waals surface area contributed by atoms with E-state index in [4.69, 9.17) is 14.2 Å². The van der Waals surface area contributed by atoms with E-state index in [1.54, 1.807) is 33.5 Å². The number of nitrogens with one attached hydrogen (secondary N) is 2. The SMILES string of the molecule is COc1cc(NCC(=O)Nc2c(C)cccc2C)cc(OC)c1OC. The lowest BCUT2D eigenvalue weighted by molar-refractivity contribution is -0.114. The van der Waals surface area contributed by atoms with Crippen molar-refractivity contribution in [3.05, 3.63) is 41.5 Å². The summed E-state index contributed by atoms with van der Waals surface area (Å²) < 4.78 is 15.9. The second-order valence-electron chi connectivity index (χ2n) is 5.58. The van der Waals surface area contributed by atoms with Crippen LogP contribution in [0.5, 0.6) is 17.2 Å². The molecule has 0 radical (unpaired) electrons. The number of benzene rings is 2. The van der Waals surface area contributed by atoms with Crippen molar-refractivity contribution in [1.29, 1.82) is 0 Å². The summed E-state index contributed by atoms with van der Waals surface area (Å²) in [6, 6.07) is 9.42. The molecule has 0 bridgehead atoms. The first-order valence-corrected chi connectivity index (χ1v) is 7.90. The first kappa shape index (κ1) is 18.4. The summed E-state index contributed by atoms with van der Waals surface area (Å²) >= 11 is 0. The van der Waals surface area contributed by atoms with Crippen molar-refractivity contribution < 1.29 is 19.0 Å². The van der Waals surface area contributed by atoms with Crippen LogP contribution in [0.4, 0.5) is 11.4 Å². The second kappa shape index (κ2) is 8.28. The van der Waals surface area contributed by atoms with Crippen LogP contribution in [0.25, 0.3) is 0 Å². The van der Waals surface area contributed by atoms with Crippen LogP contribution < -0.4 is 24.8 Å². The number of hydrogen-bond donors (Lipinski definition) is 2. The Labute approximate surface area is 148 Å². The standard InChI is InChI=1S/C19H24N2O4/c1-12-7-6-8-13(2)18(12)21-17(22)11-20-14-9-15(23-3)19(25-5)16(10-14)24-4/h6-10,20H,11H2,1-5H3,(H,21,22). The van der Waals surface area contributed by atoms with Crippen LogP contribution in [0.2, 0.25) is 0 Å². The van der Waals surface area contributed by atoms with Gasteiger partial charge in [0.25, 0.3) is 0 Å². The molecule has 0 aromatic heterocycles. The number of methoxy groups -OCH3 is 3. The highest BCUT2D eigenvalue weighted by Gasteiger charge is 2.14. The van der Waals surface area contributed by atoms with Gasteiger partial charge in [-0.2, -0.15) is 0 Å². The normalized spacial score (nSPS) is 10.1. The number of carbonyl (C=O) groups is 1. The lowest BCUT2D eigenvalue weighted by Gasteiger charge is -2.15. The molecule has 6 heteroatoms. The summed E-state index contributed by atoms with van der Waals surface area (Å²) in [7, 11) is 4.65. The zero-order valence-corrected chi connectivity index (χ0v) is 15.2. The molecule has 0 fully saturated rings. The van der Waals surface area contributed by atoms with E-state index in [0.29, 0.717) is 22.9 Å². The fourth-order valence-corrected chi connectivity index (χ4v) is 2.56. The van der Waals surface area contributed by atoms with Gasteiger partial charge in [-0.25, -0.2) is 0 Å². The summed E-state index contributed by atoms with van der Waals surface area (Å²) in [5.74, 6) is 1.43. The minimum Gasteiger partial charge on any atom is -0.493 e. The molecule has 0 spiro atoms. The smallest absolute Gasteiger partial charge is 0.243 e. The number of rotatable bonds is 7. The minimum absolute atomic E-state index is 0.117. The number of hydrogen-bond acceptors (Lipinski definition) is 5. The van der Waals surface area contributed by atoms with Gasteiger partial charge in [-0.15, -0.1) is 0 Å². The van der Waals surface area contributed by atoms with Crippen LogP contribution in [0.3, 0.4) is 0 Å². The van der Waals surface area contributed by atoms with Crippen molar-refractivity contribution in [3.8, 4) is 17.2 Å². The van der Waals surface area contributed by atoms with Gasteiger partial charge in [-0.1, -0.05) is 18.2 Å². The van der Waals surface area contributed by atoms with Gasteiger partial charge in [0.2, 0.25) is 11.7 Å². The predicted octanol–water partition coefficient (Wildman–Crippen LogP) is 3.38. The Kier molecular flexibility index (Phi) is 6.11. The number of para-hydroxylation sites is 1. The molecule has 0 aliphatic carbocycles. The van der Waals surface area contributed by atoms with E-state index in [-0.39, 0.29) is 12.5 Å². The first-order valence-electron chi connectivity index (χ1n) is 7.90. The molecule has 0 saturated carbocycles. The fourth-order valence-electron chi connectivity index (χ4n) is 2.56. The van der Waals surface area contributed by atoms with Crippen molar-refractivity contribution >= 4 is 17.3 Å². The molecule has 134 valence electrons. The third kappa shape index (κ3) is 4.35. The molecule has 6 nitrogen and oxygen atoms in total. The Balaban J connectivity index is 2.09. The summed E-state index contributed by atoms with van der Waals surface area (Å²) in [5, 5.41) is 6.02. The van der Waals surface area contributed by atoms with E-state index in [1.807, 2.05) is 32.0 Å². The van der Waals surface area contributed by atoms with Crippen LogP contribution in [-0.4, -0.2) is 33.8 Å². The monoisotopic (exact) mass is 344 g/mol. The molecule has 0 heterocycles. The average Bonchev–Trinajstić information content (AvgIpc) is 2.62. The number of aryl methyl sites for hydroxylation is 2. The van der Waals surface area contributed by atoms with Crippen LogP contribution in [0.1, 0.15) is 11.1 Å². The summed E-state index contributed by atoms with van der Waals surface area (Å²) in [5.41, 5.74) is 3.60. The highest BCUT2D eigenvalue weighted by Crippen LogP contribution is 2.39. The Morgan fingerprint density at radius 2 is 1.52 bits per heavy atom. The second-order valence-corrected chi connectivity index (χ2v) is 5.58. The number of anilines is 2. The quantitative estimate of drug-likeness (QED) is 0.806. The lowest BCUT2D eigenvalue weighted by atomic mass is 10.1. The molecular weight excluding hydrogens is 320 g/mol. The van der Waals surface area contributed by atoms with Gasteiger partial charge < -0.3 is 24.8 Å². The largest absolute Gasteiger partial charge is 0.493 e. The topological polar surface area (TPSA) is 68.8 Å². The molecular formula is C19H24N2O4. The third-order valence-electron chi connectivity index (χ3n) is 3.86. The van der Waals surface area contributed by atoms with Crippen molar-refractivity contribution in [1.82, 2.24) is 0 Å². The van der Waals surface area contributed by atoms with E-state index in [0.717, 1.165) is 16.8 Å². The van der Waals surface area contributed by atoms with Crippen molar-refractivity contribution in [3.63, 3.8) is 0 Å². The molecule has 25 heavy (non-hydrogen) atoms. The van der Waals surface area contributed by atoms with E-state index >= 15 is 0 Å². The van der Waals surface area contributed by atoms with Crippen LogP contribution in [0, 0.1) is 13.8 Å². The molecule has 0 aliphatic heterocycles. The van der Waals surface area contributed by atoms with Gasteiger partial charge in [-0.05, 0) is 25.0 Å². The maximum Gasteiger partial charge on any atom is 0.243 e. The summed E-state index contributed by atoms with van der Waals surface area (Å²) in [6.07, 6.45) is 0. The Morgan fingerprint density at radius 3 is 2.00 bits per heavy atom. The van der Waals surface area contributed by atoms with E-state index in [1.165, 1.54) is 0 Å². The van der Waals surface area contributed by atoms with Gasteiger partial charge in [0.05, 0.1) is 27.9 Å². The molecule has 0 aliphatic rings. The van der Waals surface area contributed by atoms with Crippen molar-refractivity contribution in [2.45, 2.75) is 13.8 Å². The Morgan fingerprint density at radius 1 is 0.960 bits per heavy atom. The molecule has 1 amide bonds. The van der Waals surface area contributed by atoms with Crippen LogP contribution >= 0.6 is 0 Å². The summed E-state index contributed by atoms with van der Waals surface area (Å²) in [6.45, 7) is 4.05. The number of ether oxygens (including phenoxy) is 3. The zero-order valence-electron chi connectivity index (χ0n) is 15.2. The predicted molar refractivity (Wildman–Crippen MR) is 99.1 cm³/mol. The molecule has 0 atom stereocenters. The van der Waals surface area contributed by atoms with Gasteiger partial charge in [0.1, 0.15) is 0 Å². The highest BCUT2D eigenvalue weighted by atomic mass is 16.5. The average molecular weight is 344 g/mol. The third-order valence-corrected chi connectivity index (χ3v) is 3.86. The molecule has 0 unspecified atom stereocenters. The zero-order chi connectivity index (χ0) is 18.4. The van der Waals surface area contributed by atoms with Crippen LogP contribution in [-0.2, 0) is 4.79 Å². The maximum absolute atomic E-state index is 12.3. The first-order chi connectivity index (χ1) is 12.0. The van der Waals surface area contributed by atoms with Crippen molar-refractivity contribution in [2.75, 3.05) is 38.5 Å². The molecule has 2 rings (SSSR count). The molecule has 0 saturated heterocycles. The highest BCUT2D eigenvalue weighted by molar-refractivity contribution is 5.95. The molecule has 2 aromatic carbocycles. The molecule has 2 N–H and O–H groups in total. The summed E-state index contributed by atoms with van der Waals surface area (Å²) in [4.78, 5) is 12.3. The van der Waals surface area contributed by atoms with E-state index < -0.39 is 0 Å². The lowest BCUT2D eigenvalue weighted by Crippen LogP contribution is -2.22. The minimum atomic E-state index is -0.133. The number of carbonyl (C=O) groups excluding carboxylic acids is 1. The molecule has 2 aromatic rings. The van der Waals surface area contributed by atoms with Crippen LogP contribution in [0.15, 0.2) is 30.3 Å². The van der Waals surface area contributed by atoms with E-state index in [2.05, 4.69) is 10.6 Å².